The van der Waals surface area contributed by atoms with E-state index in [2.05, 4.69) is 45.4 Å². The van der Waals surface area contributed by atoms with Gasteiger partial charge in [0.25, 0.3) is 0 Å². The summed E-state index contributed by atoms with van der Waals surface area (Å²) in [4.78, 5) is 66.1. The third-order valence-corrected chi connectivity index (χ3v) is 14.1. The van der Waals surface area contributed by atoms with Crippen molar-refractivity contribution in [3.8, 4) is 0 Å². The van der Waals surface area contributed by atoms with Crippen molar-refractivity contribution in [3.63, 3.8) is 0 Å². The van der Waals surface area contributed by atoms with Gasteiger partial charge in [0.15, 0.2) is 18.3 Å². The number of nitrogens with zero attached hydrogens (tertiary/aromatic N) is 3. The smallest absolute Gasteiger partial charge is 0.246 e. The average Bonchev–Trinajstić information content (AvgIpc) is 3.82. The van der Waals surface area contributed by atoms with Crippen LogP contribution in [0.3, 0.4) is 0 Å². The normalized spacial score (nSPS) is 26.5. The van der Waals surface area contributed by atoms with E-state index in [4.69, 9.17) is 37.9 Å². The highest BCUT2D eigenvalue weighted by atomic mass is 16.7. The van der Waals surface area contributed by atoms with Gasteiger partial charge in [0.05, 0.1) is 71.2 Å². The molecule has 0 radical (unpaired) electrons. The minimum Gasteiger partial charge on any atom is -0.394 e. The lowest BCUT2D eigenvalue weighted by molar-refractivity contribution is -0.347. The van der Waals surface area contributed by atoms with Crippen molar-refractivity contribution >= 4 is 29.4 Å². The molecule has 3 aliphatic rings. The van der Waals surface area contributed by atoms with Crippen LogP contribution in [0.4, 0.5) is 0 Å². The lowest BCUT2D eigenvalue weighted by Gasteiger charge is -2.46. The number of hydrogen-bond acceptors (Lipinski definition) is 22. The molecule has 460 valence electrons. The van der Waals surface area contributed by atoms with Gasteiger partial charge in [-0.1, -0.05) is 59.6 Å². The first-order valence-electron chi connectivity index (χ1n) is 28.4. The van der Waals surface area contributed by atoms with Crippen LogP contribution in [0, 0.1) is 17.8 Å². The summed E-state index contributed by atoms with van der Waals surface area (Å²) >= 11 is 0. The Bertz CT molecular complexity index is 2000. The van der Waals surface area contributed by atoms with Crippen LogP contribution in [0.1, 0.15) is 130 Å². The van der Waals surface area contributed by atoms with Crippen molar-refractivity contribution in [2.75, 3.05) is 79.2 Å². The quantitative estimate of drug-likeness (QED) is 0.0337. The molecule has 4 rings (SSSR count). The van der Waals surface area contributed by atoms with Crippen molar-refractivity contribution < 1.29 is 97.6 Å². The molecule has 2 saturated heterocycles. The SMILES string of the molecule is CC(C)CCOCCOCCOCCOCCC(=O)N[C@H](CCCCNC(=O)COC1CCCCCc2c1nnn2[C@H]1O[C@H](CO)[C@@H](O[C@H]2O[C@H](CO)[C@@H](O)[C@H](O)[C@H]2O)[C@H](O)[C@H]1O)C(=O)N[C@H](C(=O)N[C@@H](C)C(=O)C(C)C)C(C)C. The zero-order valence-corrected chi connectivity index (χ0v) is 47.7. The number of carbonyl (C=O) groups excluding carboxylic acids is 5. The maximum Gasteiger partial charge on any atom is 0.246 e. The van der Waals surface area contributed by atoms with Crippen LogP contribution in [0.15, 0.2) is 0 Å². The van der Waals surface area contributed by atoms with Gasteiger partial charge >= 0.3 is 0 Å². The second-order valence-corrected chi connectivity index (χ2v) is 21.7. The maximum atomic E-state index is 13.8. The number of ether oxygens (including phenoxy) is 8. The summed E-state index contributed by atoms with van der Waals surface area (Å²) in [5.74, 6) is -2.30. The number of amides is 4. The fourth-order valence-corrected chi connectivity index (χ4v) is 9.27. The Kier molecular flexibility index (Phi) is 30.8. The summed E-state index contributed by atoms with van der Waals surface area (Å²) < 4.78 is 46.7. The molecule has 0 aromatic carbocycles. The topological polar surface area (TPSA) is 380 Å². The van der Waals surface area contributed by atoms with E-state index >= 15 is 0 Å². The fourth-order valence-electron chi connectivity index (χ4n) is 9.27. The zero-order chi connectivity index (χ0) is 58.9. The highest BCUT2D eigenvalue weighted by Crippen LogP contribution is 2.36. The molecule has 3 heterocycles. The van der Waals surface area contributed by atoms with Crippen LogP contribution in [0.25, 0.3) is 0 Å². The van der Waals surface area contributed by atoms with Crippen molar-refractivity contribution in [1.29, 1.82) is 0 Å². The van der Waals surface area contributed by atoms with E-state index < -0.39 is 122 Å². The lowest BCUT2D eigenvalue weighted by Crippen LogP contribution is -2.63. The molecule has 2 aliphatic heterocycles. The van der Waals surface area contributed by atoms with E-state index in [1.165, 1.54) is 4.68 Å². The molecule has 14 atom stereocenters. The first-order valence-corrected chi connectivity index (χ1v) is 28.4. The Balaban J connectivity index is 1.29. The number of hydrogen-bond donors (Lipinski definition) is 11. The Labute approximate surface area is 468 Å². The number of Topliss-reactive ketones (excluding diaryl/α,β-unsaturated/α-hetero) is 1. The molecule has 0 spiro atoms. The minimum absolute atomic E-state index is 0.0574. The molecule has 27 nitrogen and oxygen atoms in total. The third-order valence-electron chi connectivity index (χ3n) is 14.1. The molecule has 0 bridgehead atoms. The molecular weight excluding hydrogens is 1050 g/mol. The molecule has 1 aliphatic carbocycles. The Morgan fingerprint density at radius 1 is 0.675 bits per heavy atom. The summed E-state index contributed by atoms with van der Waals surface area (Å²) in [6.07, 6.45) is -11.8. The van der Waals surface area contributed by atoms with Gasteiger partial charge in [-0.3, -0.25) is 24.0 Å². The molecule has 27 heteroatoms. The highest BCUT2D eigenvalue weighted by molar-refractivity contribution is 5.95. The Morgan fingerprint density at radius 2 is 1.32 bits per heavy atom. The summed E-state index contributed by atoms with van der Waals surface area (Å²) in [6, 6.07) is -2.85. The van der Waals surface area contributed by atoms with Crippen LogP contribution < -0.4 is 21.3 Å². The van der Waals surface area contributed by atoms with Gasteiger partial charge in [-0.2, -0.15) is 0 Å². The maximum absolute atomic E-state index is 13.8. The Hall–Kier alpha value is -3.91. The molecule has 2 fully saturated rings. The highest BCUT2D eigenvalue weighted by Gasteiger charge is 2.51. The number of nitrogens with one attached hydrogen (secondary N) is 4. The van der Waals surface area contributed by atoms with E-state index in [9.17, 15) is 59.7 Å². The van der Waals surface area contributed by atoms with Crippen molar-refractivity contribution in [2.45, 2.75) is 198 Å². The molecule has 1 unspecified atom stereocenters. The molecule has 11 N–H and O–H groups in total. The van der Waals surface area contributed by atoms with Gasteiger partial charge < -0.3 is 94.9 Å². The zero-order valence-electron chi connectivity index (χ0n) is 47.7. The van der Waals surface area contributed by atoms with Gasteiger partial charge in [-0.15, -0.1) is 5.10 Å². The predicted molar refractivity (Wildman–Crippen MR) is 283 cm³/mol. The standard InChI is InChI=1S/C53H93N7O20/c1-30(2)16-19-73-21-23-75-25-26-76-24-22-74-20-17-39(63)56-34(50(71)57-41(31(3)4)51(72)55-33(7)43(65)32(5)6)13-11-12-18-54-40(64)29-77-36-15-10-8-9-14-35-42(36)58-59-60(35)52-47(69)46(68)49(38(28-62)78-52)80-53-48(70)45(67)44(66)37(27-61)79-53/h30-34,36-38,41,44-49,52-53,61-62,66-70H,8-29H2,1-7H3,(H,54,64)(H,55,72)(H,56,63)(H,57,71)/t33-,34+,36?,37+,38+,41-,44+,45-,46+,47+,48+,49+,52-,53+/m0/s1. The van der Waals surface area contributed by atoms with Crippen molar-refractivity contribution in [3.05, 3.63) is 11.4 Å². The lowest BCUT2D eigenvalue weighted by atomic mass is 9.95. The van der Waals surface area contributed by atoms with Crippen molar-refractivity contribution in [1.82, 2.24) is 36.3 Å². The Morgan fingerprint density at radius 3 is 1.95 bits per heavy atom. The van der Waals surface area contributed by atoms with Gasteiger partial charge in [0.2, 0.25) is 23.6 Å². The third kappa shape index (κ3) is 21.7. The summed E-state index contributed by atoms with van der Waals surface area (Å²) in [5, 5.41) is 93.3. The number of ketones is 1. The van der Waals surface area contributed by atoms with E-state index in [-0.39, 0.29) is 63.4 Å². The number of aliphatic hydroxyl groups is 7. The minimum atomic E-state index is -1.82. The van der Waals surface area contributed by atoms with E-state index in [0.717, 1.165) is 19.3 Å². The fraction of sp³-hybridized carbons (Fsp3) is 0.868. The number of carbonyl (C=O) groups is 5. The number of unbranched alkanes of at least 4 members (excludes halogenated alkanes) is 1. The van der Waals surface area contributed by atoms with Crippen LogP contribution in [0.5, 0.6) is 0 Å². The molecule has 4 amide bonds. The number of rotatable bonds is 36. The largest absolute Gasteiger partial charge is 0.394 e. The first-order chi connectivity index (χ1) is 38.2. The van der Waals surface area contributed by atoms with Gasteiger partial charge in [0.1, 0.15) is 79.3 Å². The van der Waals surface area contributed by atoms with Crippen LogP contribution >= 0.6 is 0 Å². The van der Waals surface area contributed by atoms with Crippen molar-refractivity contribution in [2.24, 2.45) is 17.8 Å². The summed E-state index contributed by atoms with van der Waals surface area (Å²) in [5.41, 5.74) is 0.888. The summed E-state index contributed by atoms with van der Waals surface area (Å²) in [7, 11) is 0. The molecule has 0 saturated carbocycles. The predicted octanol–water partition coefficient (Wildman–Crippen LogP) is -1.61. The van der Waals surface area contributed by atoms with Crippen LogP contribution in [0.2, 0.25) is 0 Å². The number of aromatic nitrogens is 3. The second kappa shape index (κ2) is 35.9. The van der Waals surface area contributed by atoms with Crippen LogP contribution in [-0.4, -0.2) is 233 Å². The van der Waals surface area contributed by atoms with E-state index in [0.29, 0.717) is 82.4 Å². The first kappa shape index (κ1) is 68.6. The summed E-state index contributed by atoms with van der Waals surface area (Å²) in [6.45, 7) is 14.2. The molecular formula is C53H93N7O20. The average molecular weight is 1150 g/mol. The molecule has 80 heavy (non-hydrogen) atoms. The van der Waals surface area contributed by atoms with Crippen LogP contribution in [-0.2, 0) is 68.3 Å². The second-order valence-electron chi connectivity index (χ2n) is 21.7. The number of aliphatic hydroxyl groups excluding tert-OH is 7. The molecule has 1 aromatic rings. The molecule has 1 aromatic heterocycles. The van der Waals surface area contributed by atoms with Gasteiger partial charge in [-0.25, -0.2) is 4.68 Å². The number of fused-ring (bicyclic) bond motifs is 1. The van der Waals surface area contributed by atoms with Gasteiger partial charge in [0, 0.05) is 25.5 Å². The van der Waals surface area contributed by atoms with E-state index in [1.54, 1.807) is 34.6 Å². The van der Waals surface area contributed by atoms with E-state index in [1.807, 2.05) is 0 Å². The van der Waals surface area contributed by atoms with Gasteiger partial charge in [-0.05, 0) is 63.7 Å². The monoisotopic (exact) mass is 1150 g/mol.